The Hall–Kier alpha value is -0.570. The van der Waals surface area contributed by atoms with E-state index in [2.05, 4.69) is 20.8 Å². The summed E-state index contributed by atoms with van der Waals surface area (Å²) in [7, 11) is 0. The maximum absolute atomic E-state index is 12.0. The van der Waals surface area contributed by atoms with Crippen molar-refractivity contribution in [2.45, 2.75) is 40.2 Å². The molecule has 0 aromatic heterocycles. The quantitative estimate of drug-likeness (QED) is 0.727. The van der Waals surface area contributed by atoms with Gasteiger partial charge in [0, 0.05) is 12.5 Å². The summed E-state index contributed by atoms with van der Waals surface area (Å²) in [6, 6.07) is 0.0762. The van der Waals surface area contributed by atoms with Gasteiger partial charge in [0.2, 0.25) is 5.91 Å². The molecule has 1 amide bonds. The van der Waals surface area contributed by atoms with Crippen LogP contribution in [0.1, 0.15) is 34.1 Å². The molecule has 0 aromatic rings. The molecule has 0 bridgehead atoms. The molecule has 1 aliphatic heterocycles. The third-order valence-corrected chi connectivity index (χ3v) is 3.31. The molecule has 3 nitrogen and oxygen atoms in total. The van der Waals surface area contributed by atoms with Crippen LogP contribution >= 0.6 is 0 Å². The summed E-state index contributed by atoms with van der Waals surface area (Å²) >= 11 is 0. The predicted octanol–water partition coefficient (Wildman–Crippen LogP) is 1.26. The molecule has 1 saturated heterocycles. The van der Waals surface area contributed by atoms with Gasteiger partial charge in [0.1, 0.15) is 0 Å². The van der Waals surface area contributed by atoms with Crippen molar-refractivity contribution in [2.24, 2.45) is 11.3 Å². The van der Waals surface area contributed by atoms with Gasteiger partial charge < -0.3 is 10.0 Å². The van der Waals surface area contributed by atoms with E-state index in [1.807, 2.05) is 6.92 Å². The van der Waals surface area contributed by atoms with Crippen LogP contribution in [0.15, 0.2) is 0 Å². The van der Waals surface area contributed by atoms with Gasteiger partial charge >= 0.3 is 0 Å². The fourth-order valence-electron chi connectivity index (χ4n) is 1.54. The Balaban J connectivity index is 2.57. The molecule has 1 heterocycles. The van der Waals surface area contributed by atoms with E-state index in [1.165, 1.54) is 0 Å². The number of amides is 1. The second kappa shape index (κ2) is 3.89. The fraction of sp³-hybridized carbons (Fsp3) is 0.909. The average molecular weight is 199 g/mol. The summed E-state index contributed by atoms with van der Waals surface area (Å²) in [5, 5.41) is 9.00. The Kier molecular flexibility index (Phi) is 3.20. The Morgan fingerprint density at radius 2 is 2.14 bits per heavy atom. The van der Waals surface area contributed by atoms with E-state index in [0.29, 0.717) is 0 Å². The van der Waals surface area contributed by atoms with E-state index < -0.39 is 0 Å². The fourth-order valence-corrected chi connectivity index (χ4v) is 1.54. The molecule has 0 aromatic carbocycles. The molecule has 2 atom stereocenters. The Morgan fingerprint density at radius 1 is 1.57 bits per heavy atom. The van der Waals surface area contributed by atoms with Gasteiger partial charge in [-0.25, -0.2) is 0 Å². The molecule has 82 valence electrons. The minimum Gasteiger partial charge on any atom is -0.394 e. The molecule has 0 spiro atoms. The number of rotatable bonds is 2. The molecule has 1 rings (SSSR count). The van der Waals surface area contributed by atoms with Crippen molar-refractivity contribution in [3.63, 3.8) is 0 Å². The molecule has 0 radical (unpaired) electrons. The van der Waals surface area contributed by atoms with E-state index in [1.54, 1.807) is 4.90 Å². The third kappa shape index (κ3) is 2.08. The molecule has 1 aliphatic rings. The number of hydrogen-bond donors (Lipinski definition) is 1. The Labute approximate surface area is 86.1 Å². The lowest BCUT2D eigenvalue weighted by molar-refractivity contribution is -0.147. The van der Waals surface area contributed by atoms with Gasteiger partial charge in [-0.05, 0) is 11.8 Å². The molecular weight excluding hydrogens is 178 g/mol. The minimum atomic E-state index is 0.00663. The molecular formula is C11H21NO2. The molecule has 2 unspecified atom stereocenters. The first-order chi connectivity index (χ1) is 6.38. The van der Waals surface area contributed by atoms with Crippen molar-refractivity contribution in [3.8, 4) is 0 Å². The van der Waals surface area contributed by atoms with Gasteiger partial charge in [-0.3, -0.25) is 4.79 Å². The number of carbonyl (C=O) groups excluding carboxylic acids is 1. The first-order valence-corrected chi connectivity index (χ1v) is 5.29. The van der Waals surface area contributed by atoms with Gasteiger partial charge in [0.05, 0.1) is 12.6 Å². The van der Waals surface area contributed by atoms with Crippen LogP contribution in [0.4, 0.5) is 0 Å². The number of carbonyl (C=O) groups is 1. The second-order valence-corrected chi connectivity index (χ2v) is 5.24. The van der Waals surface area contributed by atoms with E-state index in [-0.39, 0.29) is 29.9 Å². The van der Waals surface area contributed by atoms with Crippen LogP contribution in [0.3, 0.4) is 0 Å². The van der Waals surface area contributed by atoms with E-state index >= 15 is 0 Å². The van der Waals surface area contributed by atoms with Gasteiger partial charge in [-0.15, -0.1) is 0 Å². The summed E-state index contributed by atoms with van der Waals surface area (Å²) in [6.07, 6.45) is 0.944. The highest BCUT2D eigenvalue weighted by Gasteiger charge is 2.37. The van der Waals surface area contributed by atoms with Gasteiger partial charge in [-0.2, -0.15) is 0 Å². The van der Waals surface area contributed by atoms with Gasteiger partial charge in [0.15, 0.2) is 0 Å². The van der Waals surface area contributed by atoms with Crippen molar-refractivity contribution >= 4 is 5.91 Å². The molecule has 0 saturated carbocycles. The van der Waals surface area contributed by atoms with E-state index in [4.69, 9.17) is 5.11 Å². The second-order valence-electron chi connectivity index (χ2n) is 5.24. The number of likely N-dealkylation sites (tertiary alicyclic amines) is 1. The molecule has 1 N–H and O–H groups in total. The predicted molar refractivity (Wildman–Crippen MR) is 55.8 cm³/mol. The number of hydrogen-bond acceptors (Lipinski definition) is 2. The topological polar surface area (TPSA) is 40.5 Å². The van der Waals surface area contributed by atoms with Crippen LogP contribution in [0.2, 0.25) is 0 Å². The summed E-state index contributed by atoms with van der Waals surface area (Å²) in [5.74, 6) is 0.208. The number of aliphatic hydroxyl groups is 1. The van der Waals surface area contributed by atoms with Crippen molar-refractivity contribution in [1.82, 2.24) is 4.90 Å². The van der Waals surface area contributed by atoms with Crippen molar-refractivity contribution < 1.29 is 9.90 Å². The van der Waals surface area contributed by atoms with Crippen molar-refractivity contribution in [3.05, 3.63) is 0 Å². The Morgan fingerprint density at radius 3 is 2.43 bits per heavy atom. The standard InChI is InChI=1S/C11H21NO2/c1-8(11(2,3)4)10(14)12-6-5-9(12)7-13/h8-9,13H,5-7H2,1-4H3. The van der Waals surface area contributed by atoms with E-state index in [0.717, 1.165) is 13.0 Å². The monoisotopic (exact) mass is 199 g/mol. The third-order valence-electron chi connectivity index (χ3n) is 3.31. The lowest BCUT2D eigenvalue weighted by Crippen LogP contribution is -2.55. The lowest BCUT2D eigenvalue weighted by Gasteiger charge is -2.43. The van der Waals surface area contributed by atoms with Crippen LogP contribution in [-0.2, 0) is 4.79 Å². The Bertz CT molecular complexity index is 218. The molecule has 3 heteroatoms. The molecule has 14 heavy (non-hydrogen) atoms. The van der Waals surface area contributed by atoms with Crippen LogP contribution in [0.25, 0.3) is 0 Å². The van der Waals surface area contributed by atoms with Gasteiger partial charge in [0.25, 0.3) is 0 Å². The largest absolute Gasteiger partial charge is 0.394 e. The molecule has 1 fully saturated rings. The highest BCUT2D eigenvalue weighted by atomic mass is 16.3. The smallest absolute Gasteiger partial charge is 0.226 e. The zero-order chi connectivity index (χ0) is 10.9. The number of nitrogens with zero attached hydrogens (tertiary/aromatic N) is 1. The van der Waals surface area contributed by atoms with E-state index in [9.17, 15) is 4.79 Å². The maximum atomic E-state index is 12.0. The number of aliphatic hydroxyl groups excluding tert-OH is 1. The zero-order valence-corrected chi connectivity index (χ0v) is 9.58. The summed E-state index contributed by atoms with van der Waals surface area (Å²) in [4.78, 5) is 13.8. The van der Waals surface area contributed by atoms with Crippen molar-refractivity contribution in [1.29, 1.82) is 0 Å². The summed E-state index contributed by atoms with van der Waals surface area (Å²) in [5.41, 5.74) is 0.00663. The van der Waals surface area contributed by atoms with Crippen LogP contribution in [0, 0.1) is 11.3 Å². The lowest BCUT2D eigenvalue weighted by atomic mass is 9.80. The normalized spacial score (nSPS) is 24.4. The van der Waals surface area contributed by atoms with Crippen LogP contribution in [-0.4, -0.2) is 35.1 Å². The highest BCUT2D eigenvalue weighted by Crippen LogP contribution is 2.30. The maximum Gasteiger partial charge on any atom is 0.226 e. The first kappa shape index (κ1) is 11.5. The first-order valence-electron chi connectivity index (χ1n) is 5.29. The van der Waals surface area contributed by atoms with Crippen LogP contribution < -0.4 is 0 Å². The van der Waals surface area contributed by atoms with Crippen LogP contribution in [0.5, 0.6) is 0 Å². The zero-order valence-electron chi connectivity index (χ0n) is 9.58. The summed E-state index contributed by atoms with van der Waals surface area (Å²) in [6.45, 7) is 9.10. The van der Waals surface area contributed by atoms with Gasteiger partial charge in [-0.1, -0.05) is 27.7 Å². The highest BCUT2D eigenvalue weighted by molar-refractivity contribution is 5.80. The average Bonchev–Trinajstić information content (AvgIpc) is 2.00. The SMILES string of the molecule is CC(C(=O)N1CCC1CO)C(C)(C)C. The summed E-state index contributed by atoms with van der Waals surface area (Å²) < 4.78 is 0. The molecule has 0 aliphatic carbocycles. The minimum absolute atomic E-state index is 0.00663. The van der Waals surface area contributed by atoms with Crippen molar-refractivity contribution in [2.75, 3.05) is 13.2 Å².